The summed E-state index contributed by atoms with van der Waals surface area (Å²) in [5.41, 5.74) is 2.61. The molecule has 0 bridgehead atoms. The fourth-order valence-corrected chi connectivity index (χ4v) is 2.83. The van der Waals surface area contributed by atoms with Gasteiger partial charge in [-0.05, 0) is 23.8 Å². The molecule has 0 aliphatic rings. The quantitative estimate of drug-likeness (QED) is 0.776. The Morgan fingerprint density at radius 1 is 0.870 bits per heavy atom. The molecule has 3 aromatic rings. The molecule has 3 nitrogen and oxygen atoms in total. The van der Waals surface area contributed by atoms with Gasteiger partial charge in [0.2, 0.25) is 0 Å². The molecule has 3 rings (SSSR count). The van der Waals surface area contributed by atoms with Crippen LogP contribution in [-0.2, 0) is 0 Å². The predicted molar refractivity (Wildman–Crippen MR) is 90.5 cm³/mol. The number of aliphatic hydroxyl groups excluding tert-OH is 1. The third-order valence-corrected chi connectivity index (χ3v) is 3.94. The zero-order valence-electron chi connectivity index (χ0n) is 13.0. The summed E-state index contributed by atoms with van der Waals surface area (Å²) in [7, 11) is 1.61. The normalized spacial score (nSPS) is 13.3. The summed E-state index contributed by atoms with van der Waals surface area (Å²) in [4.78, 5) is 4.46. The lowest BCUT2D eigenvalue weighted by Crippen LogP contribution is -2.14. The van der Waals surface area contributed by atoms with Crippen LogP contribution in [0, 0.1) is 0 Å². The first-order valence-electron chi connectivity index (χ1n) is 7.58. The molecular formula is C20H19NO2. The maximum absolute atomic E-state index is 11.1. The van der Waals surface area contributed by atoms with Gasteiger partial charge in [-0.25, -0.2) is 0 Å². The van der Waals surface area contributed by atoms with Gasteiger partial charge in [0, 0.05) is 11.8 Å². The van der Waals surface area contributed by atoms with Gasteiger partial charge in [0.1, 0.15) is 5.75 Å². The molecule has 0 aliphatic carbocycles. The molecule has 0 saturated carbocycles. The summed E-state index contributed by atoms with van der Waals surface area (Å²) in [6, 6.07) is 23.2. The average molecular weight is 305 g/mol. The van der Waals surface area contributed by atoms with E-state index in [9.17, 15) is 5.11 Å². The summed E-state index contributed by atoms with van der Waals surface area (Å²) in [5, 5.41) is 11.1. The molecule has 0 spiro atoms. The molecule has 0 amide bonds. The first kappa shape index (κ1) is 15.3. The van der Waals surface area contributed by atoms with Crippen molar-refractivity contribution in [3.05, 3.63) is 95.8 Å². The van der Waals surface area contributed by atoms with E-state index in [1.54, 1.807) is 13.3 Å². The van der Waals surface area contributed by atoms with Crippen LogP contribution in [0.4, 0.5) is 0 Å². The summed E-state index contributed by atoms with van der Waals surface area (Å²) in [5.74, 6) is 0.422. The van der Waals surface area contributed by atoms with Crippen LogP contribution in [0.15, 0.2) is 79.0 Å². The molecule has 1 heterocycles. The van der Waals surface area contributed by atoms with E-state index >= 15 is 0 Å². The van der Waals surface area contributed by atoms with Gasteiger partial charge < -0.3 is 9.84 Å². The lowest BCUT2D eigenvalue weighted by atomic mass is 9.86. The van der Waals surface area contributed by atoms with Gasteiger partial charge in [-0.3, -0.25) is 4.98 Å². The van der Waals surface area contributed by atoms with E-state index in [2.05, 4.69) is 4.98 Å². The highest BCUT2D eigenvalue weighted by Gasteiger charge is 2.27. The van der Waals surface area contributed by atoms with Crippen molar-refractivity contribution in [3.8, 4) is 5.75 Å². The SMILES string of the molecule is COc1ccccc1[C@@H](O)[C@H](c1ccccc1)c1ccccn1. The summed E-state index contributed by atoms with van der Waals surface area (Å²) in [6.07, 6.45) is 1.00. The number of para-hydroxylation sites is 1. The number of aromatic nitrogens is 1. The third kappa shape index (κ3) is 3.25. The number of hydrogen-bond donors (Lipinski definition) is 1. The lowest BCUT2D eigenvalue weighted by molar-refractivity contribution is 0.153. The molecule has 0 radical (unpaired) electrons. The molecule has 0 unspecified atom stereocenters. The standard InChI is InChI=1S/C20H19NO2/c1-23-18-13-6-5-11-16(18)20(22)19(15-9-3-2-4-10-15)17-12-7-8-14-21-17/h2-14,19-20,22H,1H3/t19-,20-/m1/s1. The first-order valence-corrected chi connectivity index (χ1v) is 7.58. The molecule has 0 fully saturated rings. The maximum Gasteiger partial charge on any atom is 0.124 e. The Morgan fingerprint density at radius 3 is 2.26 bits per heavy atom. The van der Waals surface area contributed by atoms with Crippen LogP contribution < -0.4 is 4.74 Å². The largest absolute Gasteiger partial charge is 0.496 e. The van der Waals surface area contributed by atoms with E-state index < -0.39 is 6.10 Å². The van der Waals surface area contributed by atoms with E-state index in [1.807, 2.05) is 72.8 Å². The molecule has 1 aromatic heterocycles. The Labute approximate surface area is 136 Å². The maximum atomic E-state index is 11.1. The zero-order valence-corrected chi connectivity index (χ0v) is 13.0. The van der Waals surface area contributed by atoms with Crippen LogP contribution in [0.5, 0.6) is 5.75 Å². The number of pyridine rings is 1. The van der Waals surface area contributed by atoms with Crippen LogP contribution in [0.25, 0.3) is 0 Å². The first-order chi connectivity index (χ1) is 11.3. The van der Waals surface area contributed by atoms with Crippen LogP contribution in [0.1, 0.15) is 28.8 Å². The Hall–Kier alpha value is -2.65. The Bertz CT molecular complexity index is 704. The number of aliphatic hydroxyl groups is 1. The molecule has 2 aromatic carbocycles. The second-order valence-corrected chi connectivity index (χ2v) is 5.33. The van der Waals surface area contributed by atoms with E-state index in [4.69, 9.17) is 4.74 Å². The van der Waals surface area contributed by atoms with Gasteiger partial charge in [-0.2, -0.15) is 0 Å². The molecule has 116 valence electrons. The number of ether oxygens (including phenoxy) is 1. The highest BCUT2D eigenvalue weighted by Crippen LogP contribution is 2.38. The van der Waals surface area contributed by atoms with Gasteiger partial charge in [0.15, 0.2) is 0 Å². The minimum absolute atomic E-state index is 0.256. The Kier molecular flexibility index (Phi) is 4.69. The highest BCUT2D eigenvalue weighted by atomic mass is 16.5. The van der Waals surface area contributed by atoms with Gasteiger partial charge in [0.05, 0.1) is 24.8 Å². The summed E-state index contributed by atoms with van der Waals surface area (Å²) >= 11 is 0. The molecule has 2 atom stereocenters. The monoisotopic (exact) mass is 305 g/mol. The van der Waals surface area contributed by atoms with E-state index in [0.717, 1.165) is 16.8 Å². The second kappa shape index (κ2) is 7.07. The minimum Gasteiger partial charge on any atom is -0.496 e. The Morgan fingerprint density at radius 2 is 1.57 bits per heavy atom. The van der Waals surface area contributed by atoms with Crippen molar-refractivity contribution in [2.45, 2.75) is 12.0 Å². The summed E-state index contributed by atoms with van der Waals surface area (Å²) < 4.78 is 5.41. The van der Waals surface area contributed by atoms with Crippen molar-refractivity contribution in [1.82, 2.24) is 4.98 Å². The fourth-order valence-electron chi connectivity index (χ4n) is 2.83. The predicted octanol–water partition coefficient (Wildman–Crippen LogP) is 3.96. The number of benzene rings is 2. The average Bonchev–Trinajstić information content (AvgIpc) is 2.63. The fraction of sp³-hybridized carbons (Fsp3) is 0.150. The van der Waals surface area contributed by atoms with Gasteiger partial charge in [0.25, 0.3) is 0 Å². The van der Waals surface area contributed by atoms with Crippen LogP contribution >= 0.6 is 0 Å². The van der Waals surface area contributed by atoms with Gasteiger partial charge in [-0.1, -0.05) is 54.6 Å². The minimum atomic E-state index is -0.747. The third-order valence-electron chi connectivity index (χ3n) is 3.94. The number of methoxy groups -OCH3 is 1. The molecule has 0 saturated heterocycles. The molecule has 23 heavy (non-hydrogen) atoms. The smallest absolute Gasteiger partial charge is 0.124 e. The summed E-state index contributed by atoms with van der Waals surface area (Å²) in [6.45, 7) is 0. The van der Waals surface area contributed by atoms with Crippen molar-refractivity contribution in [2.24, 2.45) is 0 Å². The van der Waals surface area contributed by atoms with Crippen molar-refractivity contribution in [2.75, 3.05) is 7.11 Å². The van der Waals surface area contributed by atoms with E-state index in [0.29, 0.717) is 5.75 Å². The van der Waals surface area contributed by atoms with Crippen molar-refractivity contribution >= 4 is 0 Å². The Balaban J connectivity index is 2.08. The van der Waals surface area contributed by atoms with Crippen LogP contribution in [-0.4, -0.2) is 17.2 Å². The molecular weight excluding hydrogens is 286 g/mol. The van der Waals surface area contributed by atoms with E-state index in [-0.39, 0.29) is 5.92 Å². The van der Waals surface area contributed by atoms with Crippen molar-refractivity contribution < 1.29 is 9.84 Å². The van der Waals surface area contributed by atoms with Gasteiger partial charge in [-0.15, -0.1) is 0 Å². The zero-order chi connectivity index (χ0) is 16.1. The topological polar surface area (TPSA) is 42.4 Å². The second-order valence-electron chi connectivity index (χ2n) is 5.33. The molecule has 0 aliphatic heterocycles. The van der Waals surface area contributed by atoms with Gasteiger partial charge >= 0.3 is 0 Å². The van der Waals surface area contributed by atoms with Crippen LogP contribution in [0.3, 0.4) is 0 Å². The lowest BCUT2D eigenvalue weighted by Gasteiger charge is -2.24. The number of hydrogen-bond acceptors (Lipinski definition) is 3. The molecule has 3 heteroatoms. The number of rotatable bonds is 5. The van der Waals surface area contributed by atoms with Crippen molar-refractivity contribution in [3.63, 3.8) is 0 Å². The highest BCUT2D eigenvalue weighted by molar-refractivity contribution is 5.40. The van der Waals surface area contributed by atoms with Crippen LogP contribution in [0.2, 0.25) is 0 Å². The van der Waals surface area contributed by atoms with Crippen molar-refractivity contribution in [1.29, 1.82) is 0 Å². The molecule has 1 N–H and O–H groups in total. The number of nitrogens with zero attached hydrogens (tertiary/aromatic N) is 1. The van der Waals surface area contributed by atoms with E-state index in [1.165, 1.54) is 0 Å².